The molecule has 6 nitrogen and oxygen atoms in total. The van der Waals surface area contributed by atoms with Crippen LogP contribution in [0.3, 0.4) is 0 Å². The van der Waals surface area contributed by atoms with Crippen LogP contribution in [0.5, 0.6) is 0 Å². The molecule has 0 atom stereocenters. The van der Waals surface area contributed by atoms with Crippen molar-refractivity contribution >= 4 is 27.5 Å². The Labute approximate surface area is 139 Å². The number of aryl methyl sites for hydroxylation is 2. The number of nitrogens with zero attached hydrogens (tertiary/aromatic N) is 2. The van der Waals surface area contributed by atoms with Crippen molar-refractivity contribution in [3.63, 3.8) is 0 Å². The SMILES string of the molecule is CCCCCn1cnc2sc(C(=O)NCCCO)c(C)c2c1=O. The van der Waals surface area contributed by atoms with Crippen LogP contribution in [0.15, 0.2) is 11.1 Å². The zero-order valence-electron chi connectivity index (χ0n) is 13.6. The monoisotopic (exact) mass is 337 g/mol. The van der Waals surface area contributed by atoms with Gasteiger partial charge in [-0.3, -0.25) is 14.2 Å². The smallest absolute Gasteiger partial charge is 0.262 e. The number of thiophene rings is 1. The Morgan fingerprint density at radius 3 is 2.87 bits per heavy atom. The fourth-order valence-corrected chi connectivity index (χ4v) is 3.48. The maximum absolute atomic E-state index is 12.6. The van der Waals surface area contributed by atoms with E-state index in [2.05, 4.69) is 17.2 Å². The van der Waals surface area contributed by atoms with Crippen LogP contribution in [0, 0.1) is 6.92 Å². The highest BCUT2D eigenvalue weighted by Crippen LogP contribution is 2.26. The van der Waals surface area contributed by atoms with E-state index < -0.39 is 0 Å². The largest absolute Gasteiger partial charge is 0.396 e. The van der Waals surface area contributed by atoms with Crippen LogP contribution < -0.4 is 10.9 Å². The van der Waals surface area contributed by atoms with Crippen molar-refractivity contribution in [1.82, 2.24) is 14.9 Å². The van der Waals surface area contributed by atoms with Gasteiger partial charge >= 0.3 is 0 Å². The molecule has 2 aromatic heterocycles. The van der Waals surface area contributed by atoms with E-state index in [1.807, 2.05) is 0 Å². The molecule has 0 aromatic carbocycles. The van der Waals surface area contributed by atoms with Crippen LogP contribution in [-0.2, 0) is 6.54 Å². The van der Waals surface area contributed by atoms with Gasteiger partial charge in [-0.2, -0.15) is 0 Å². The second-order valence-electron chi connectivity index (χ2n) is 5.52. The van der Waals surface area contributed by atoms with Crippen molar-refractivity contribution in [3.8, 4) is 0 Å². The molecule has 0 radical (unpaired) electrons. The minimum absolute atomic E-state index is 0.0374. The van der Waals surface area contributed by atoms with E-state index in [0.29, 0.717) is 40.2 Å². The molecule has 0 fully saturated rings. The molecule has 0 aliphatic heterocycles. The Bertz CT molecular complexity index is 736. The van der Waals surface area contributed by atoms with E-state index in [1.165, 1.54) is 11.3 Å². The summed E-state index contributed by atoms with van der Waals surface area (Å²) in [5.41, 5.74) is 0.614. The Balaban J connectivity index is 2.29. The lowest BCUT2D eigenvalue weighted by molar-refractivity contribution is 0.0954. The van der Waals surface area contributed by atoms with Crippen molar-refractivity contribution in [2.45, 2.75) is 46.1 Å². The van der Waals surface area contributed by atoms with Gasteiger partial charge in [-0.05, 0) is 25.3 Å². The molecular formula is C16H23N3O3S. The summed E-state index contributed by atoms with van der Waals surface area (Å²) in [6, 6.07) is 0. The molecule has 23 heavy (non-hydrogen) atoms. The van der Waals surface area contributed by atoms with Gasteiger partial charge in [0.15, 0.2) is 0 Å². The third-order valence-corrected chi connectivity index (χ3v) is 4.95. The van der Waals surface area contributed by atoms with Gasteiger partial charge in [0.05, 0.1) is 16.6 Å². The number of nitrogens with one attached hydrogen (secondary N) is 1. The van der Waals surface area contributed by atoms with Crippen molar-refractivity contribution in [3.05, 3.63) is 27.1 Å². The summed E-state index contributed by atoms with van der Waals surface area (Å²) >= 11 is 1.24. The van der Waals surface area contributed by atoms with Gasteiger partial charge in [-0.1, -0.05) is 19.8 Å². The third kappa shape index (κ3) is 3.97. The molecule has 2 heterocycles. The number of rotatable bonds is 8. The molecule has 2 N–H and O–H groups in total. The standard InChI is InChI=1S/C16H23N3O3S/c1-3-4-5-8-19-10-18-15-12(16(19)22)11(2)13(23-15)14(21)17-7-6-9-20/h10,20H,3-9H2,1-2H3,(H,17,21). The van der Waals surface area contributed by atoms with Crippen LogP contribution in [0.2, 0.25) is 0 Å². The summed E-state index contributed by atoms with van der Waals surface area (Å²) in [5, 5.41) is 12.1. The highest BCUT2D eigenvalue weighted by molar-refractivity contribution is 7.20. The summed E-state index contributed by atoms with van der Waals surface area (Å²) in [7, 11) is 0. The summed E-state index contributed by atoms with van der Waals surface area (Å²) in [6.45, 7) is 5.02. The number of unbranched alkanes of at least 4 members (excludes halogenated alkanes) is 2. The first-order valence-corrected chi connectivity index (χ1v) is 8.79. The molecule has 7 heteroatoms. The molecule has 0 spiro atoms. The number of hydrogen-bond donors (Lipinski definition) is 2. The number of carbonyl (C=O) groups excluding carboxylic acids is 1. The number of aromatic nitrogens is 2. The number of aliphatic hydroxyl groups is 1. The summed E-state index contributed by atoms with van der Waals surface area (Å²) in [4.78, 5) is 30.3. The van der Waals surface area contributed by atoms with Gasteiger partial charge < -0.3 is 10.4 Å². The molecule has 0 bridgehead atoms. The Morgan fingerprint density at radius 2 is 2.17 bits per heavy atom. The Morgan fingerprint density at radius 1 is 1.39 bits per heavy atom. The second kappa shape index (κ2) is 8.21. The number of aliphatic hydroxyl groups excluding tert-OH is 1. The lowest BCUT2D eigenvalue weighted by atomic mass is 10.2. The first kappa shape index (κ1) is 17.6. The lowest BCUT2D eigenvalue weighted by Crippen LogP contribution is -2.25. The fourth-order valence-electron chi connectivity index (χ4n) is 2.43. The van der Waals surface area contributed by atoms with Crippen molar-refractivity contribution in [2.75, 3.05) is 13.2 Å². The Hall–Kier alpha value is -1.73. The van der Waals surface area contributed by atoms with E-state index in [4.69, 9.17) is 5.11 Å². The van der Waals surface area contributed by atoms with Gasteiger partial charge in [-0.25, -0.2) is 4.98 Å². The number of hydrogen-bond acceptors (Lipinski definition) is 5. The molecular weight excluding hydrogens is 314 g/mol. The zero-order chi connectivity index (χ0) is 16.8. The van der Waals surface area contributed by atoms with Gasteiger partial charge in [-0.15, -0.1) is 11.3 Å². The topological polar surface area (TPSA) is 84.2 Å². The zero-order valence-corrected chi connectivity index (χ0v) is 14.4. The van der Waals surface area contributed by atoms with Gasteiger partial charge in [0.25, 0.3) is 11.5 Å². The molecule has 1 amide bonds. The summed E-state index contributed by atoms with van der Waals surface area (Å²) in [5.74, 6) is -0.212. The van der Waals surface area contributed by atoms with Gasteiger partial charge in [0.1, 0.15) is 4.83 Å². The first-order valence-electron chi connectivity index (χ1n) is 7.97. The van der Waals surface area contributed by atoms with Crippen LogP contribution in [0.25, 0.3) is 10.2 Å². The molecule has 2 aromatic rings. The van der Waals surface area contributed by atoms with E-state index in [-0.39, 0.29) is 18.1 Å². The highest BCUT2D eigenvalue weighted by Gasteiger charge is 2.19. The maximum atomic E-state index is 12.6. The van der Waals surface area contributed by atoms with Crippen molar-refractivity contribution in [2.24, 2.45) is 0 Å². The number of carbonyl (C=O) groups is 1. The van der Waals surface area contributed by atoms with Crippen LogP contribution in [0.4, 0.5) is 0 Å². The van der Waals surface area contributed by atoms with E-state index in [1.54, 1.807) is 17.8 Å². The van der Waals surface area contributed by atoms with Crippen molar-refractivity contribution < 1.29 is 9.90 Å². The average Bonchev–Trinajstić information content (AvgIpc) is 2.87. The lowest BCUT2D eigenvalue weighted by Gasteiger charge is -2.04. The summed E-state index contributed by atoms with van der Waals surface area (Å²) in [6.07, 6.45) is 5.20. The predicted molar refractivity (Wildman–Crippen MR) is 92.2 cm³/mol. The number of fused-ring (bicyclic) bond motifs is 1. The molecule has 2 rings (SSSR count). The first-order chi connectivity index (χ1) is 11.1. The molecule has 126 valence electrons. The quantitative estimate of drug-likeness (QED) is 0.722. The fraction of sp³-hybridized carbons (Fsp3) is 0.562. The average molecular weight is 337 g/mol. The molecule has 0 unspecified atom stereocenters. The van der Waals surface area contributed by atoms with Gasteiger partial charge in [0.2, 0.25) is 0 Å². The minimum atomic E-state index is -0.212. The van der Waals surface area contributed by atoms with Crippen molar-refractivity contribution in [1.29, 1.82) is 0 Å². The van der Waals surface area contributed by atoms with Crippen LogP contribution in [0.1, 0.15) is 47.8 Å². The molecule has 0 saturated heterocycles. The van der Waals surface area contributed by atoms with Crippen LogP contribution >= 0.6 is 11.3 Å². The Kier molecular flexibility index (Phi) is 6.29. The molecule has 0 saturated carbocycles. The third-order valence-electron chi connectivity index (χ3n) is 3.75. The molecule has 0 aliphatic rings. The summed E-state index contributed by atoms with van der Waals surface area (Å²) < 4.78 is 1.63. The predicted octanol–water partition coefficient (Wildman–Crippen LogP) is 2.07. The van der Waals surface area contributed by atoms with Crippen LogP contribution in [-0.4, -0.2) is 33.7 Å². The van der Waals surface area contributed by atoms with E-state index >= 15 is 0 Å². The second-order valence-corrected chi connectivity index (χ2v) is 6.52. The normalized spacial score (nSPS) is 11.1. The highest BCUT2D eigenvalue weighted by atomic mass is 32.1. The van der Waals surface area contributed by atoms with E-state index in [9.17, 15) is 9.59 Å². The minimum Gasteiger partial charge on any atom is -0.396 e. The van der Waals surface area contributed by atoms with E-state index in [0.717, 1.165) is 19.3 Å². The number of amides is 1. The van der Waals surface area contributed by atoms with Gasteiger partial charge in [0, 0.05) is 19.7 Å². The molecule has 0 aliphatic carbocycles. The maximum Gasteiger partial charge on any atom is 0.262 e.